The molecule has 1 atom stereocenters. The van der Waals surface area contributed by atoms with Crippen molar-refractivity contribution in [2.24, 2.45) is 0 Å². The van der Waals surface area contributed by atoms with E-state index in [0.29, 0.717) is 6.54 Å². The molecule has 0 aliphatic heterocycles. The van der Waals surface area contributed by atoms with Crippen LogP contribution in [0.25, 0.3) is 0 Å². The van der Waals surface area contributed by atoms with Crippen LogP contribution in [0.5, 0.6) is 0 Å². The van der Waals surface area contributed by atoms with E-state index in [9.17, 15) is 8.76 Å². The minimum absolute atomic E-state index is 0.590. The molecule has 0 aromatic heterocycles. The SMILES string of the molecule is CCCCCCCCCCCCNS(=O)[O-]. The molecule has 0 saturated heterocycles. The van der Waals surface area contributed by atoms with E-state index in [1.165, 1.54) is 51.4 Å². The number of hydrogen-bond donors (Lipinski definition) is 1. The van der Waals surface area contributed by atoms with Crippen LogP contribution in [0.2, 0.25) is 0 Å². The lowest BCUT2D eigenvalue weighted by atomic mass is 10.1. The molecule has 98 valence electrons. The molecule has 0 spiro atoms. The molecule has 3 nitrogen and oxygen atoms in total. The van der Waals surface area contributed by atoms with Crippen molar-refractivity contribution in [2.75, 3.05) is 6.54 Å². The Morgan fingerprint density at radius 2 is 1.31 bits per heavy atom. The van der Waals surface area contributed by atoms with Crippen LogP contribution in [0.1, 0.15) is 71.1 Å². The smallest absolute Gasteiger partial charge is 0.0181 e. The Labute approximate surface area is 103 Å². The lowest BCUT2D eigenvalue weighted by Gasteiger charge is -2.06. The number of nitrogens with one attached hydrogen (secondary N) is 1. The molecular weight excluding hydrogens is 222 g/mol. The number of hydrogen-bond acceptors (Lipinski definition) is 2. The first-order chi connectivity index (χ1) is 7.77. The summed E-state index contributed by atoms with van der Waals surface area (Å²) in [5.74, 6) is 0. The van der Waals surface area contributed by atoms with E-state index in [2.05, 4.69) is 11.6 Å². The Morgan fingerprint density at radius 1 is 0.875 bits per heavy atom. The minimum atomic E-state index is -2.08. The number of rotatable bonds is 12. The third kappa shape index (κ3) is 14.1. The third-order valence-electron chi connectivity index (χ3n) is 2.75. The summed E-state index contributed by atoms with van der Waals surface area (Å²) in [5, 5.41) is 0. The van der Waals surface area contributed by atoms with E-state index >= 15 is 0 Å². The Hall–Kier alpha value is 0.0700. The lowest BCUT2D eigenvalue weighted by molar-refractivity contribution is 0.516. The van der Waals surface area contributed by atoms with Crippen molar-refractivity contribution in [1.82, 2.24) is 4.72 Å². The second kappa shape index (κ2) is 13.1. The standard InChI is InChI=1S/C12H27NO2S/c1-2-3-4-5-6-7-8-9-10-11-12-13-16(14)15/h13H,2-12H2,1H3,(H,14,15)/p-1. The fourth-order valence-corrected chi connectivity index (χ4v) is 2.08. The summed E-state index contributed by atoms with van der Waals surface area (Å²) in [6.45, 7) is 2.83. The monoisotopic (exact) mass is 248 g/mol. The summed E-state index contributed by atoms with van der Waals surface area (Å²) in [5.41, 5.74) is 0. The largest absolute Gasteiger partial charge is 0.760 e. The quantitative estimate of drug-likeness (QED) is 0.425. The minimum Gasteiger partial charge on any atom is -0.760 e. The van der Waals surface area contributed by atoms with E-state index < -0.39 is 11.3 Å². The van der Waals surface area contributed by atoms with Gasteiger partial charge in [0.15, 0.2) is 0 Å². The first-order valence-corrected chi connectivity index (χ1v) is 7.67. The highest BCUT2D eigenvalue weighted by Gasteiger charge is 1.92. The predicted molar refractivity (Wildman–Crippen MR) is 68.8 cm³/mol. The van der Waals surface area contributed by atoms with E-state index in [1.807, 2.05) is 0 Å². The molecule has 0 saturated carbocycles. The summed E-state index contributed by atoms with van der Waals surface area (Å²) in [4.78, 5) is 0. The van der Waals surface area contributed by atoms with Gasteiger partial charge < -0.3 is 4.55 Å². The summed E-state index contributed by atoms with van der Waals surface area (Å²) in [7, 11) is 0. The van der Waals surface area contributed by atoms with Gasteiger partial charge >= 0.3 is 0 Å². The van der Waals surface area contributed by atoms with Crippen LogP contribution in [0.15, 0.2) is 0 Å². The van der Waals surface area contributed by atoms with Crippen molar-refractivity contribution < 1.29 is 8.76 Å². The van der Waals surface area contributed by atoms with Crippen LogP contribution in [-0.4, -0.2) is 15.3 Å². The van der Waals surface area contributed by atoms with Gasteiger partial charge in [-0.25, -0.2) is 4.72 Å². The third-order valence-corrected chi connectivity index (χ3v) is 3.19. The van der Waals surface area contributed by atoms with Crippen molar-refractivity contribution in [3.05, 3.63) is 0 Å². The van der Waals surface area contributed by atoms with Crippen molar-refractivity contribution in [2.45, 2.75) is 71.1 Å². The van der Waals surface area contributed by atoms with E-state index in [4.69, 9.17) is 0 Å². The normalized spacial score (nSPS) is 12.9. The Bertz CT molecular complexity index is 165. The number of unbranched alkanes of at least 4 members (excludes halogenated alkanes) is 9. The summed E-state index contributed by atoms with van der Waals surface area (Å²) >= 11 is -2.08. The van der Waals surface area contributed by atoms with Gasteiger partial charge in [-0.1, -0.05) is 64.7 Å². The molecule has 0 fully saturated rings. The van der Waals surface area contributed by atoms with Gasteiger partial charge in [-0.05, 0) is 6.42 Å². The van der Waals surface area contributed by atoms with Crippen LogP contribution in [0.3, 0.4) is 0 Å². The van der Waals surface area contributed by atoms with Gasteiger partial charge in [0.05, 0.1) is 0 Å². The van der Waals surface area contributed by atoms with Gasteiger partial charge in [-0.15, -0.1) is 0 Å². The average molecular weight is 248 g/mol. The fourth-order valence-electron chi connectivity index (χ4n) is 1.77. The Morgan fingerprint density at radius 3 is 1.75 bits per heavy atom. The second-order valence-corrected chi connectivity index (χ2v) is 5.07. The molecule has 0 aromatic rings. The maximum absolute atomic E-state index is 10.1. The van der Waals surface area contributed by atoms with E-state index in [-0.39, 0.29) is 0 Å². The molecular formula is C12H26NO2S-. The first kappa shape index (κ1) is 16.1. The van der Waals surface area contributed by atoms with Crippen LogP contribution in [0.4, 0.5) is 0 Å². The molecule has 0 aliphatic rings. The van der Waals surface area contributed by atoms with Crippen LogP contribution >= 0.6 is 0 Å². The van der Waals surface area contributed by atoms with E-state index in [1.54, 1.807) is 0 Å². The van der Waals surface area contributed by atoms with Gasteiger partial charge in [0.2, 0.25) is 0 Å². The molecule has 0 radical (unpaired) electrons. The van der Waals surface area contributed by atoms with Gasteiger partial charge in [-0.3, -0.25) is 4.21 Å². The molecule has 0 rings (SSSR count). The van der Waals surface area contributed by atoms with Crippen LogP contribution in [-0.2, 0) is 11.3 Å². The van der Waals surface area contributed by atoms with Crippen LogP contribution in [0, 0.1) is 0 Å². The maximum Gasteiger partial charge on any atom is 0.0181 e. The molecule has 4 heteroatoms. The van der Waals surface area contributed by atoms with Crippen molar-refractivity contribution in [3.63, 3.8) is 0 Å². The van der Waals surface area contributed by atoms with Crippen molar-refractivity contribution in [1.29, 1.82) is 0 Å². The van der Waals surface area contributed by atoms with Crippen LogP contribution < -0.4 is 4.72 Å². The van der Waals surface area contributed by atoms with Gasteiger partial charge in [-0.2, -0.15) is 0 Å². The van der Waals surface area contributed by atoms with Crippen molar-refractivity contribution in [3.8, 4) is 0 Å². The second-order valence-electron chi connectivity index (χ2n) is 4.31. The molecule has 1 N–H and O–H groups in total. The first-order valence-electron chi connectivity index (χ1n) is 6.60. The topological polar surface area (TPSA) is 52.2 Å². The zero-order chi connectivity index (χ0) is 12.1. The summed E-state index contributed by atoms with van der Waals surface area (Å²) < 4.78 is 22.7. The predicted octanol–water partition coefficient (Wildman–Crippen LogP) is 3.29. The summed E-state index contributed by atoms with van der Waals surface area (Å²) in [6, 6.07) is 0. The zero-order valence-electron chi connectivity index (χ0n) is 10.5. The molecule has 0 aliphatic carbocycles. The van der Waals surface area contributed by atoms with Gasteiger partial charge in [0, 0.05) is 17.8 Å². The molecule has 0 aromatic carbocycles. The highest BCUT2D eigenvalue weighted by atomic mass is 32.2. The lowest BCUT2D eigenvalue weighted by Crippen LogP contribution is -2.17. The van der Waals surface area contributed by atoms with E-state index in [0.717, 1.165) is 12.8 Å². The average Bonchev–Trinajstić information content (AvgIpc) is 2.25. The zero-order valence-corrected chi connectivity index (χ0v) is 11.3. The molecule has 1 unspecified atom stereocenters. The Kier molecular flexibility index (Phi) is 13.2. The molecule has 16 heavy (non-hydrogen) atoms. The highest BCUT2D eigenvalue weighted by molar-refractivity contribution is 7.77. The summed E-state index contributed by atoms with van der Waals surface area (Å²) in [6.07, 6.45) is 12.8. The van der Waals surface area contributed by atoms with Gasteiger partial charge in [0.25, 0.3) is 0 Å². The Balaban J connectivity index is 2.90. The van der Waals surface area contributed by atoms with Crippen molar-refractivity contribution >= 4 is 11.3 Å². The maximum atomic E-state index is 10.1. The van der Waals surface area contributed by atoms with Gasteiger partial charge in [0.1, 0.15) is 0 Å². The molecule has 0 heterocycles. The fraction of sp³-hybridized carbons (Fsp3) is 1.00. The molecule has 0 bridgehead atoms. The molecule has 0 amide bonds. The highest BCUT2D eigenvalue weighted by Crippen LogP contribution is 2.10.